The summed E-state index contributed by atoms with van der Waals surface area (Å²) in [4.78, 5) is 4.40. The van der Waals surface area contributed by atoms with Crippen molar-refractivity contribution in [2.24, 2.45) is 10.7 Å². The number of nitrogens with two attached hydrogens (primary N) is 1. The SMILES string of the molecule is [B]c1ccc(F)c([C@]2(C)Cn3nncc3C(N)=N2)c1. The predicted molar refractivity (Wildman–Crippen MR) is 69.9 cm³/mol. The minimum atomic E-state index is -0.843. The number of hydrogen-bond acceptors (Lipinski definition) is 4. The number of fused-ring (bicyclic) bond motifs is 1. The maximum absolute atomic E-state index is 14.0. The number of amidine groups is 1. The van der Waals surface area contributed by atoms with Gasteiger partial charge < -0.3 is 5.73 Å². The van der Waals surface area contributed by atoms with Gasteiger partial charge >= 0.3 is 0 Å². The first-order valence-corrected chi connectivity index (χ1v) is 5.79. The molecular weight excluding hydrogens is 244 g/mol. The van der Waals surface area contributed by atoms with Crippen LogP contribution >= 0.6 is 0 Å². The molecular formula is C12H11BFN5. The lowest BCUT2D eigenvalue weighted by molar-refractivity contribution is 0.359. The fourth-order valence-electron chi connectivity index (χ4n) is 2.32. The molecule has 1 atom stereocenters. The Bertz CT molecular complexity index is 681. The van der Waals surface area contributed by atoms with Crippen LogP contribution in [0, 0.1) is 5.82 Å². The van der Waals surface area contributed by atoms with Crippen molar-refractivity contribution < 1.29 is 4.39 Å². The monoisotopic (exact) mass is 255 g/mol. The van der Waals surface area contributed by atoms with Crippen LogP contribution in [-0.2, 0) is 12.1 Å². The number of nitrogens with zero attached hydrogens (tertiary/aromatic N) is 4. The number of benzene rings is 1. The predicted octanol–water partition coefficient (Wildman–Crippen LogP) is -0.155. The van der Waals surface area contributed by atoms with Gasteiger partial charge in [0.25, 0.3) is 0 Å². The molecule has 7 heteroatoms. The summed E-state index contributed by atoms with van der Waals surface area (Å²) in [6, 6.07) is 4.42. The molecule has 1 aromatic heterocycles. The number of aromatic nitrogens is 3. The molecule has 0 aliphatic carbocycles. The van der Waals surface area contributed by atoms with Crippen molar-refractivity contribution in [1.82, 2.24) is 15.0 Å². The lowest BCUT2D eigenvalue weighted by Gasteiger charge is -2.30. The molecule has 5 nitrogen and oxygen atoms in total. The number of halogens is 1. The van der Waals surface area contributed by atoms with Crippen LogP contribution in [-0.4, -0.2) is 28.7 Å². The van der Waals surface area contributed by atoms with Crippen LogP contribution in [0.25, 0.3) is 0 Å². The Morgan fingerprint density at radius 2 is 2.26 bits per heavy atom. The molecule has 2 N–H and O–H groups in total. The van der Waals surface area contributed by atoms with Crippen LogP contribution in [0.15, 0.2) is 29.4 Å². The van der Waals surface area contributed by atoms with Crippen LogP contribution in [0.1, 0.15) is 18.2 Å². The molecule has 0 bridgehead atoms. The van der Waals surface area contributed by atoms with Crippen molar-refractivity contribution in [3.63, 3.8) is 0 Å². The van der Waals surface area contributed by atoms with E-state index in [4.69, 9.17) is 13.6 Å². The molecule has 1 aliphatic heterocycles. The average molecular weight is 255 g/mol. The van der Waals surface area contributed by atoms with E-state index in [2.05, 4.69) is 15.3 Å². The first-order valence-electron chi connectivity index (χ1n) is 5.79. The maximum Gasteiger partial charge on any atom is 0.146 e. The Morgan fingerprint density at radius 1 is 1.47 bits per heavy atom. The summed E-state index contributed by atoms with van der Waals surface area (Å²) in [5, 5.41) is 7.72. The zero-order chi connectivity index (χ0) is 13.6. The Morgan fingerprint density at radius 3 is 3.05 bits per heavy atom. The Balaban J connectivity index is 2.15. The molecule has 2 radical (unpaired) electrons. The van der Waals surface area contributed by atoms with Crippen LogP contribution < -0.4 is 11.2 Å². The molecule has 0 unspecified atom stereocenters. The van der Waals surface area contributed by atoms with Gasteiger partial charge in [-0.2, -0.15) is 0 Å². The molecule has 0 fully saturated rings. The smallest absolute Gasteiger partial charge is 0.146 e. The minimum Gasteiger partial charge on any atom is -0.382 e. The van der Waals surface area contributed by atoms with E-state index in [1.54, 1.807) is 17.7 Å². The van der Waals surface area contributed by atoms with Crippen LogP contribution in [0.5, 0.6) is 0 Å². The quantitative estimate of drug-likeness (QED) is 0.720. The van der Waals surface area contributed by atoms with E-state index >= 15 is 0 Å². The highest BCUT2D eigenvalue weighted by molar-refractivity contribution is 6.32. The van der Waals surface area contributed by atoms with Crippen molar-refractivity contribution >= 4 is 19.1 Å². The van der Waals surface area contributed by atoms with Crippen molar-refractivity contribution in [2.75, 3.05) is 0 Å². The van der Waals surface area contributed by atoms with E-state index < -0.39 is 5.54 Å². The van der Waals surface area contributed by atoms with E-state index in [1.165, 1.54) is 18.3 Å². The highest BCUT2D eigenvalue weighted by Crippen LogP contribution is 2.32. The summed E-state index contributed by atoms with van der Waals surface area (Å²) in [5.41, 5.74) is 6.57. The fraction of sp³-hybridized carbons (Fsp3) is 0.250. The summed E-state index contributed by atoms with van der Waals surface area (Å²) >= 11 is 0. The maximum atomic E-state index is 14.0. The van der Waals surface area contributed by atoms with Gasteiger partial charge in [-0.15, -0.1) is 5.10 Å². The molecule has 0 saturated heterocycles. The molecule has 2 heterocycles. The Hall–Kier alpha value is -2.18. The zero-order valence-electron chi connectivity index (χ0n) is 10.3. The van der Waals surface area contributed by atoms with Crippen LogP contribution in [0.3, 0.4) is 0 Å². The van der Waals surface area contributed by atoms with Gasteiger partial charge in [-0.05, 0) is 13.0 Å². The third-order valence-electron chi connectivity index (χ3n) is 3.28. The lowest BCUT2D eigenvalue weighted by atomic mass is 9.85. The molecule has 1 aliphatic rings. The Kier molecular flexibility index (Phi) is 2.45. The summed E-state index contributed by atoms with van der Waals surface area (Å²) in [6.07, 6.45) is 1.54. The minimum absolute atomic E-state index is 0.292. The summed E-state index contributed by atoms with van der Waals surface area (Å²) in [5.74, 6) is -0.0719. The van der Waals surface area contributed by atoms with Crippen molar-refractivity contribution in [1.29, 1.82) is 0 Å². The largest absolute Gasteiger partial charge is 0.382 e. The van der Waals surface area contributed by atoms with Gasteiger partial charge in [-0.25, -0.2) is 9.07 Å². The molecule has 0 spiro atoms. The van der Waals surface area contributed by atoms with E-state index in [1.807, 2.05) is 0 Å². The summed E-state index contributed by atoms with van der Waals surface area (Å²) in [7, 11) is 5.72. The first-order chi connectivity index (χ1) is 8.99. The van der Waals surface area contributed by atoms with E-state index in [9.17, 15) is 4.39 Å². The summed E-state index contributed by atoms with van der Waals surface area (Å²) < 4.78 is 15.6. The summed E-state index contributed by atoms with van der Waals surface area (Å²) in [6.45, 7) is 2.16. The second-order valence-corrected chi connectivity index (χ2v) is 4.79. The van der Waals surface area contributed by atoms with Gasteiger partial charge in [-0.1, -0.05) is 22.8 Å². The van der Waals surface area contributed by atoms with E-state index in [0.717, 1.165) is 0 Å². The molecule has 94 valence electrons. The van der Waals surface area contributed by atoms with Crippen molar-refractivity contribution in [2.45, 2.75) is 19.0 Å². The van der Waals surface area contributed by atoms with Gasteiger partial charge in [0.1, 0.15) is 30.7 Å². The Labute approximate surface area is 110 Å². The normalized spacial score (nSPS) is 21.9. The third kappa shape index (κ3) is 1.81. The van der Waals surface area contributed by atoms with Crippen molar-refractivity contribution in [3.8, 4) is 0 Å². The lowest BCUT2D eigenvalue weighted by Crippen LogP contribution is -2.38. The first kappa shape index (κ1) is 11.9. The second-order valence-electron chi connectivity index (χ2n) is 4.79. The number of rotatable bonds is 1. The molecule has 1 aromatic carbocycles. The van der Waals surface area contributed by atoms with Gasteiger partial charge in [0, 0.05) is 5.56 Å². The number of hydrogen-bond donors (Lipinski definition) is 1. The molecule has 19 heavy (non-hydrogen) atoms. The highest BCUT2D eigenvalue weighted by Gasteiger charge is 2.35. The standard InChI is InChI=1S/C12H11BFN5/c1-12(8-4-7(13)2-3-9(8)14)6-19-10(5-16-18-19)11(15)17-12/h2-5H,6H2,1H3,(H2,15,17)/t12-/m0/s1. The van der Waals surface area contributed by atoms with Gasteiger partial charge in [0.15, 0.2) is 0 Å². The highest BCUT2D eigenvalue weighted by atomic mass is 19.1. The number of aliphatic imine (C=N–C) groups is 1. The topological polar surface area (TPSA) is 69.1 Å². The fourth-order valence-corrected chi connectivity index (χ4v) is 2.32. The van der Waals surface area contributed by atoms with Crippen LogP contribution in [0.2, 0.25) is 0 Å². The van der Waals surface area contributed by atoms with Crippen LogP contribution in [0.4, 0.5) is 4.39 Å². The van der Waals surface area contributed by atoms with Gasteiger partial charge in [-0.3, -0.25) is 4.99 Å². The molecule has 0 amide bonds. The molecule has 3 rings (SSSR count). The zero-order valence-corrected chi connectivity index (χ0v) is 10.3. The molecule has 2 aromatic rings. The second kappa shape index (κ2) is 3.91. The van der Waals surface area contributed by atoms with Crippen molar-refractivity contribution in [3.05, 3.63) is 41.5 Å². The third-order valence-corrected chi connectivity index (χ3v) is 3.28. The molecule has 0 saturated carbocycles. The van der Waals surface area contributed by atoms with E-state index in [0.29, 0.717) is 29.1 Å². The van der Waals surface area contributed by atoms with E-state index in [-0.39, 0.29) is 5.82 Å². The van der Waals surface area contributed by atoms with Gasteiger partial charge in [0.2, 0.25) is 0 Å². The average Bonchev–Trinajstić information content (AvgIpc) is 2.80. The van der Waals surface area contributed by atoms with Gasteiger partial charge in [0.05, 0.1) is 12.7 Å².